The fourth-order valence-electron chi connectivity index (χ4n) is 6.42. The van der Waals surface area contributed by atoms with Crippen LogP contribution < -0.4 is 15.7 Å². The summed E-state index contributed by atoms with van der Waals surface area (Å²) < 4.78 is 9.43. The van der Waals surface area contributed by atoms with Crippen LogP contribution in [0.4, 0.5) is 5.82 Å². The summed E-state index contributed by atoms with van der Waals surface area (Å²) in [5, 5.41) is 14.1. The van der Waals surface area contributed by atoms with E-state index in [9.17, 15) is 14.7 Å². The molecule has 3 heterocycles. The number of nitrogens with one attached hydrogen (secondary N) is 1. The monoisotopic (exact) mass is 603 g/mol. The molecule has 9 nitrogen and oxygen atoms in total. The summed E-state index contributed by atoms with van der Waals surface area (Å²) >= 11 is 6.06. The lowest BCUT2D eigenvalue weighted by Crippen LogP contribution is -2.39. The zero-order chi connectivity index (χ0) is 30.1. The number of halogens is 1. The van der Waals surface area contributed by atoms with E-state index in [2.05, 4.69) is 28.3 Å². The number of rotatable bonds is 7. The van der Waals surface area contributed by atoms with Crippen molar-refractivity contribution in [1.29, 1.82) is 0 Å². The van der Waals surface area contributed by atoms with E-state index in [1.54, 1.807) is 46.5 Å². The standard InChI is InChI=1S/C33H38ClN5O4/c1-21-26(18-22(34)20-36-21)31(41)37-23-11-13-33(2,14-12-23)15-17-38-27-8-5-16-35-30(27)39(32(38)42)24-9-10-28(40)29(19-24)43-25-6-3-4-7-25/h9-10,15-20,23,25,40H,3-8,11-14H2,1-2H3,(H,37,41)/b17-15+. The minimum Gasteiger partial charge on any atom is -0.504 e. The summed E-state index contributed by atoms with van der Waals surface area (Å²) in [7, 11) is 0. The number of aromatic nitrogens is 3. The first-order chi connectivity index (χ1) is 20.7. The first kappa shape index (κ1) is 29.2. The highest BCUT2D eigenvalue weighted by molar-refractivity contribution is 6.30. The van der Waals surface area contributed by atoms with Gasteiger partial charge in [0.15, 0.2) is 17.3 Å². The average Bonchev–Trinajstić information content (AvgIpc) is 3.61. The van der Waals surface area contributed by atoms with E-state index in [4.69, 9.17) is 16.3 Å². The first-order valence-corrected chi connectivity index (χ1v) is 15.6. The number of aromatic hydroxyl groups is 1. The van der Waals surface area contributed by atoms with E-state index >= 15 is 0 Å². The molecule has 2 N–H and O–H groups in total. The lowest BCUT2D eigenvalue weighted by molar-refractivity contribution is 0.0914. The summed E-state index contributed by atoms with van der Waals surface area (Å²) in [4.78, 5) is 35.6. The maximum Gasteiger partial charge on any atom is 0.338 e. The maximum atomic E-state index is 13.9. The summed E-state index contributed by atoms with van der Waals surface area (Å²) in [6.45, 7) is 4.00. The Bertz CT molecular complexity index is 1640. The number of allylic oxidation sites excluding steroid dienone is 1. The van der Waals surface area contributed by atoms with E-state index in [1.165, 1.54) is 0 Å². The number of hydrogen-bond acceptors (Lipinski definition) is 6. The van der Waals surface area contributed by atoms with Gasteiger partial charge in [0.25, 0.3) is 5.91 Å². The van der Waals surface area contributed by atoms with Gasteiger partial charge in [-0.3, -0.25) is 14.3 Å². The van der Waals surface area contributed by atoms with Crippen molar-refractivity contribution in [2.24, 2.45) is 10.4 Å². The van der Waals surface area contributed by atoms with Gasteiger partial charge in [-0.1, -0.05) is 24.6 Å². The number of amides is 1. The largest absolute Gasteiger partial charge is 0.504 e. The molecule has 2 fully saturated rings. The Labute approximate surface area is 256 Å². The number of carbonyl (C=O) groups is 1. The van der Waals surface area contributed by atoms with Gasteiger partial charge in [-0.2, -0.15) is 0 Å². The number of benzene rings is 1. The van der Waals surface area contributed by atoms with Gasteiger partial charge in [-0.05, 0) is 94.7 Å². The highest BCUT2D eigenvalue weighted by atomic mass is 35.5. The zero-order valence-electron chi connectivity index (χ0n) is 24.7. The van der Waals surface area contributed by atoms with Crippen LogP contribution in [-0.2, 0) is 6.42 Å². The van der Waals surface area contributed by atoms with Crippen molar-refractivity contribution >= 4 is 35.7 Å². The highest BCUT2D eigenvalue weighted by Crippen LogP contribution is 2.38. The van der Waals surface area contributed by atoms with Gasteiger partial charge in [0, 0.05) is 30.7 Å². The Morgan fingerprint density at radius 3 is 2.72 bits per heavy atom. The van der Waals surface area contributed by atoms with E-state index in [1.807, 2.05) is 12.4 Å². The fourth-order valence-corrected chi connectivity index (χ4v) is 6.58. The van der Waals surface area contributed by atoms with Gasteiger partial charge >= 0.3 is 5.69 Å². The first-order valence-electron chi connectivity index (χ1n) is 15.2. The van der Waals surface area contributed by atoms with Gasteiger partial charge in [-0.15, -0.1) is 0 Å². The molecule has 0 unspecified atom stereocenters. The third kappa shape index (κ3) is 6.13. The molecule has 0 radical (unpaired) electrons. The number of imidazole rings is 1. The molecular weight excluding hydrogens is 566 g/mol. The molecule has 1 aliphatic heterocycles. The van der Waals surface area contributed by atoms with Gasteiger partial charge in [0.05, 0.1) is 33.8 Å². The van der Waals surface area contributed by atoms with Crippen molar-refractivity contribution in [3.05, 3.63) is 69.0 Å². The predicted molar refractivity (Wildman–Crippen MR) is 168 cm³/mol. The lowest BCUT2D eigenvalue weighted by Gasteiger charge is -2.35. The van der Waals surface area contributed by atoms with Crippen LogP contribution in [0.25, 0.3) is 11.9 Å². The fraction of sp³-hybridized carbons (Fsp3) is 0.455. The number of phenolic OH excluding ortho intramolecular Hbond substituents is 1. The molecule has 0 atom stereocenters. The van der Waals surface area contributed by atoms with Crippen molar-refractivity contribution in [2.45, 2.75) is 90.2 Å². The molecule has 0 spiro atoms. The molecule has 3 aromatic rings. The van der Waals surface area contributed by atoms with Crippen LogP contribution in [0, 0.1) is 12.3 Å². The van der Waals surface area contributed by atoms with Crippen molar-refractivity contribution in [1.82, 2.24) is 19.4 Å². The molecule has 2 aromatic heterocycles. The third-order valence-electron chi connectivity index (χ3n) is 9.07. The average molecular weight is 604 g/mol. The third-order valence-corrected chi connectivity index (χ3v) is 9.27. The molecule has 3 aliphatic rings. The molecule has 10 heteroatoms. The highest BCUT2D eigenvalue weighted by Gasteiger charge is 2.31. The number of hydrogen-bond donors (Lipinski definition) is 2. The van der Waals surface area contributed by atoms with Crippen molar-refractivity contribution in [3.63, 3.8) is 0 Å². The second-order valence-corrected chi connectivity index (χ2v) is 12.7. The van der Waals surface area contributed by atoms with Crippen molar-refractivity contribution < 1.29 is 14.6 Å². The summed E-state index contributed by atoms with van der Waals surface area (Å²) in [5.74, 6) is 0.925. The van der Waals surface area contributed by atoms with Crippen molar-refractivity contribution in [3.8, 4) is 17.2 Å². The van der Waals surface area contributed by atoms with Gasteiger partial charge in [-0.25, -0.2) is 14.4 Å². The molecule has 0 bridgehead atoms. The molecule has 6 rings (SSSR count). The van der Waals surface area contributed by atoms with Crippen LogP contribution in [0.3, 0.4) is 0 Å². The van der Waals surface area contributed by atoms with E-state index in [0.29, 0.717) is 40.0 Å². The topological polar surface area (TPSA) is 111 Å². The molecule has 1 aromatic carbocycles. The van der Waals surface area contributed by atoms with Crippen LogP contribution in [0.1, 0.15) is 86.5 Å². The maximum absolute atomic E-state index is 13.9. The number of nitrogens with zero attached hydrogens (tertiary/aromatic N) is 4. The van der Waals surface area contributed by atoms with Gasteiger partial charge in [0.1, 0.15) is 0 Å². The number of phenols is 1. The van der Waals surface area contributed by atoms with Crippen LogP contribution in [-0.4, -0.2) is 43.5 Å². The van der Waals surface area contributed by atoms with Gasteiger partial charge in [0.2, 0.25) is 0 Å². The van der Waals surface area contributed by atoms with Crippen LogP contribution in [0.5, 0.6) is 11.5 Å². The Morgan fingerprint density at radius 1 is 1.19 bits per heavy atom. The molecule has 1 amide bonds. The molecule has 2 aliphatic carbocycles. The second kappa shape index (κ2) is 12.0. The van der Waals surface area contributed by atoms with Crippen molar-refractivity contribution in [2.75, 3.05) is 0 Å². The lowest BCUT2D eigenvalue weighted by atomic mass is 9.74. The van der Waals surface area contributed by atoms with Crippen LogP contribution in [0.15, 0.2) is 46.3 Å². The number of carbonyl (C=O) groups excluding carboxylic acids is 1. The molecule has 226 valence electrons. The minimum atomic E-state index is -0.201. The number of ether oxygens (including phenoxy) is 1. The number of aliphatic imine (C=N–C) groups is 1. The summed E-state index contributed by atoms with van der Waals surface area (Å²) in [6.07, 6.45) is 16.5. The van der Waals surface area contributed by atoms with E-state index in [0.717, 1.165) is 63.5 Å². The van der Waals surface area contributed by atoms with E-state index in [-0.39, 0.29) is 34.9 Å². The summed E-state index contributed by atoms with van der Waals surface area (Å²) in [6, 6.07) is 6.78. The quantitative estimate of drug-likeness (QED) is 0.319. The van der Waals surface area contributed by atoms with Crippen LogP contribution in [0.2, 0.25) is 5.02 Å². The zero-order valence-corrected chi connectivity index (χ0v) is 25.4. The van der Waals surface area contributed by atoms with Gasteiger partial charge < -0.3 is 15.2 Å². The Morgan fingerprint density at radius 2 is 1.95 bits per heavy atom. The smallest absolute Gasteiger partial charge is 0.338 e. The Balaban J connectivity index is 1.20. The Kier molecular flexibility index (Phi) is 8.18. The predicted octanol–water partition coefficient (Wildman–Crippen LogP) is 6.52. The molecule has 43 heavy (non-hydrogen) atoms. The normalized spacial score (nSPS) is 22.2. The number of fused-ring (bicyclic) bond motifs is 1. The molecular formula is C33H38ClN5O4. The van der Waals surface area contributed by atoms with E-state index < -0.39 is 0 Å². The molecule has 2 saturated carbocycles. The SMILES string of the molecule is Cc1ncc(Cl)cc1C(=O)NC1CCC(C)(/C=C/n2c3c(n(-c4ccc(O)c(OC5CCCC5)c4)c2=O)N=CCC3)CC1. The molecule has 0 saturated heterocycles. The second-order valence-electron chi connectivity index (χ2n) is 12.3. The minimum absolute atomic E-state index is 0.0633. The van der Waals surface area contributed by atoms with Crippen LogP contribution >= 0.6 is 11.6 Å². The number of pyridine rings is 1. The summed E-state index contributed by atoms with van der Waals surface area (Å²) in [5.41, 5.74) is 2.31. The Hall–Kier alpha value is -3.85. The number of aryl methyl sites for hydroxylation is 1.